The molecule has 3 aromatic rings. The molecule has 0 saturated heterocycles. The predicted molar refractivity (Wildman–Crippen MR) is 106 cm³/mol. The third kappa shape index (κ3) is 3.23. The smallest absolute Gasteiger partial charge is 0.245 e. The number of rotatable bonds is 3. The summed E-state index contributed by atoms with van der Waals surface area (Å²) in [5, 5.41) is 7.49. The van der Waals surface area contributed by atoms with E-state index >= 15 is 0 Å². The summed E-state index contributed by atoms with van der Waals surface area (Å²) in [6.07, 6.45) is 2.14. The molecule has 0 aliphatic carbocycles. The Morgan fingerprint density at radius 2 is 2.11 bits per heavy atom. The molecule has 4 rings (SSSR count). The number of hydrazone groups is 1. The van der Waals surface area contributed by atoms with E-state index in [9.17, 15) is 4.79 Å². The number of carbonyl (C=O) groups is 1. The predicted octanol–water partition coefficient (Wildman–Crippen LogP) is 5.12. The van der Waals surface area contributed by atoms with E-state index in [1.165, 1.54) is 5.01 Å². The molecule has 1 aliphatic rings. The highest BCUT2D eigenvalue weighted by molar-refractivity contribution is 6.30. The lowest BCUT2D eigenvalue weighted by atomic mass is 9.99. The van der Waals surface area contributed by atoms with Gasteiger partial charge >= 0.3 is 0 Å². The molecule has 0 bridgehead atoms. The lowest BCUT2D eigenvalue weighted by Gasteiger charge is -2.24. The number of nitrogens with zero attached hydrogens (tertiary/aromatic N) is 3. The Bertz CT molecular complexity index is 1040. The quantitative estimate of drug-likeness (QED) is 0.591. The molecular weight excluding hydrogens is 362 g/mol. The highest BCUT2D eigenvalue weighted by Crippen LogP contribution is 2.38. The van der Waals surface area contributed by atoms with Gasteiger partial charge in [-0.3, -0.25) is 4.79 Å². The number of benzene rings is 1. The van der Waals surface area contributed by atoms with Crippen molar-refractivity contribution >= 4 is 34.1 Å². The van der Waals surface area contributed by atoms with E-state index in [2.05, 4.69) is 10.1 Å². The minimum Gasteiger partial charge on any atom is -0.463 e. The summed E-state index contributed by atoms with van der Waals surface area (Å²) in [6.45, 7) is 5.75. The topological polar surface area (TPSA) is 58.7 Å². The van der Waals surface area contributed by atoms with Crippen LogP contribution < -0.4 is 0 Å². The van der Waals surface area contributed by atoms with Crippen LogP contribution in [0.2, 0.25) is 5.15 Å². The normalized spacial score (nSPS) is 17.0. The van der Waals surface area contributed by atoms with Crippen LogP contribution in [0.1, 0.15) is 43.2 Å². The number of hydrogen-bond donors (Lipinski definition) is 0. The second kappa shape index (κ2) is 6.82. The summed E-state index contributed by atoms with van der Waals surface area (Å²) in [7, 11) is 0. The molecule has 3 heterocycles. The second-order valence-corrected chi connectivity index (χ2v) is 7.50. The van der Waals surface area contributed by atoms with Gasteiger partial charge in [0.2, 0.25) is 5.91 Å². The summed E-state index contributed by atoms with van der Waals surface area (Å²) < 4.78 is 5.49. The minimum atomic E-state index is -0.300. The monoisotopic (exact) mass is 381 g/mol. The molecule has 138 valence electrons. The third-order valence-corrected chi connectivity index (χ3v) is 5.05. The molecule has 0 spiro atoms. The molecule has 0 fully saturated rings. The molecule has 1 aliphatic heterocycles. The van der Waals surface area contributed by atoms with E-state index in [1.54, 1.807) is 6.26 Å². The Morgan fingerprint density at radius 3 is 2.81 bits per heavy atom. The van der Waals surface area contributed by atoms with Crippen molar-refractivity contribution in [2.45, 2.75) is 33.2 Å². The van der Waals surface area contributed by atoms with Crippen LogP contribution in [-0.2, 0) is 4.79 Å². The van der Waals surface area contributed by atoms with Crippen LogP contribution >= 0.6 is 11.6 Å². The molecule has 0 saturated carbocycles. The molecule has 27 heavy (non-hydrogen) atoms. The molecule has 0 N–H and O–H groups in total. The van der Waals surface area contributed by atoms with Crippen LogP contribution in [0, 0.1) is 12.8 Å². The minimum absolute atomic E-state index is 0.0541. The fraction of sp³-hybridized carbons (Fsp3) is 0.286. The van der Waals surface area contributed by atoms with Crippen molar-refractivity contribution in [3.8, 4) is 0 Å². The van der Waals surface area contributed by atoms with Crippen LogP contribution in [-0.4, -0.2) is 21.6 Å². The van der Waals surface area contributed by atoms with Gasteiger partial charge in [0, 0.05) is 23.3 Å². The molecule has 1 atom stereocenters. The van der Waals surface area contributed by atoms with E-state index in [4.69, 9.17) is 16.0 Å². The molecule has 1 aromatic carbocycles. The van der Waals surface area contributed by atoms with Gasteiger partial charge in [-0.1, -0.05) is 37.6 Å². The third-order valence-electron chi connectivity index (χ3n) is 4.75. The SMILES string of the molecule is Cc1ccc2cc([C@@H]3CC(c4ccco4)=NN3C(=O)C(C)C)c(Cl)nc2c1. The molecule has 0 radical (unpaired) electrons. The maximum Gasteiger partial charge on any atom is 0.245 e. The molecule has 0 unspecified atom stereocenters. The number of halogens is 1. The first-order chi connectivity index (χ1) is 12.9. The molecule has 6 heteroatoms. The summed E-state index contributed by atoms with van der Waals surface area (Å²) in [6, 6.07) is 11.4. The molecular formula is C21H20ClN3O2. The Balaban J connectivity index is 1.79. The average molecular weight is 382 g/mol. The first-order valence-electron chi connectivity index (χ1n) is 8.95. The number of furan rings is 1. The summed E-state index contributed by atoms with van der Waals surface area (Å²) in [5.41, 5.74) is 3.50. The van der Waals surface area contributed by atoms with Crippen molar-refractivity contribution in [1.29, 1.82) is 0 Å². The van der Waals surface area contributed by atoms with E-state index in [1.807, 2.05) is 57.2 Å². The van der Waals surface area contributed by atoms with Gasteiger partial charge in [0.1, 0.15) is 16.6 Å². The highest BCUT2D eigenvalue weighted by atomic mass is 35.5. The summed E-state index contributed by atoms with van der Waals surface area (Å²) in [4.78, 5) is 17.3. The lowest BCUT2D eigenvalue weighted by molar-refractivity contribution is -0.136. The van der Waals surface area contributed by atoms with Gasteiger partial charge in [0.05, 0.1) is 17.8 Å². The highest BCUT2D eigenvalue weighted by Gasteiger charge is 2.36. The Labute approximate surface area is 162 Å². The fourth-order valence-electron chi connectivity index (χ4n) is 3.32. The lowest BCUT2D eigenvalue weighted by Crippen LogP contribution is -2.30. The van der Waals surface area contributed by atoms with E-state index in [0.717, 1.165) is 27.7 Å². The molecule has 1 amide bonds. The molecule has 2 aromatic heterocycles. The zero-order chi connectivity index (χ0) is 19.1. The van der Waals surface area contributed by atoms with Crippen LogP contribution in [0.15, 0.2) is 52.2 Å². The Morgan fingerprint density at radius 1 is 1.30 bits per heavy atom. The zero-order valence-electron chi connectivity index (χ0n) is 15.4. The largest absolute Gasteiger partial charge is 0.463 e. The second-order valence-electron chi connectivity index (χ2n) is 7.15. The van der Waals surface area contributed by atoms with Gasteiger partial charge in [-0.05, 0) is 36.8 Å². The van der Waals surface area contributed by atoms with Gasteiger partial charge in [-0.15, -0.1) is 0 Å². The number of pyridine rings is 1. The first-order valence-corrected chi connectivity index (χ1v) is 9.33. The van der Waals surface area contributed by atoms with Gasteiger partial charge in [-0.25, -0.2) is 9.99 Å². The van der Waals surface area contributed by atoms with Crippen LogP contribution in [0.5, 0.6) is 0 Å². The number of amides is 1. The van der Waals surface area contributed by atoms with Crippen molar-refractivity contribution in [1.82, 2.24) is 9.99 Å². The Hall–Kier alpha value is -2.66. The molecule has 5 nitrogen and oxygen atoms in total. The van der Waals surface area contributed by atoms with E-state index in [0.29, 0.717) is 17.3 Å². The van der Waals surface area contributed by atoms with E-state index < -0.39 is 0 Å². The van der Waals surface area contributed by atoms with Crippen molar-refractivity contribution in [3.05, 3.63) is 64.7 Å². The zero-order valence-corrected chi connectivity index (χ0v) is 16.2. The standard InChI is InChI=1S/C21H20ClN3O2/c1-12(2)21(26)25-18(11-17(24-25)19-5-4-8-27-19)15-10-14-7-6-13(3)9-16(14)23-20(15)22/h4-10,12,18H,11H2,1-3H3/t18-/m0/s1. The van der Waals surface area contributed by atoms with Gasteiger partial charge < -0.3 is 4.42 Å². The fourth-order valence-corrected chi connectivity index (χ4v) is 3.59. The van der Waals surface area contributed by atoms with Crippen molar-refractivity contribution in [2.24, 2.45) is 11.0 Å². The number of hydrogen-bond acceptors (Lipinski definition) is 4. The van der Waals surface area contributed by atoms with Gasteiger partial charge in [0.15, 0.2) is 0 Å². The number of carbonyl (C=O) groups excluding carboxylic acids is 1. The Kier molecular flexibility index (Phi) is 4.48. The number of fused-ring (bicyclic) bond motifs is 1. The van der Waals surface area contributed by atoms with Crippen LogP contribution in [0.3, 0.4) is 0 Å². The van der Waals surface area contributed by atoms with Gasteiger partial charge in [0.25, 0.3) is 0 Å². The van der Waals surface area contributed by atoms with Crippen molar-refractivity contribution in [2.75, 3.05) is 0 Å². The summed E-state index contributed by atoms with van der Waals surface area (Å²) >= 11 is 6.53. The van der Waals surface area contributed by atoms with E-state index in [-0.39, 0.29) is 17.9 Å². The maximum atomic E-state index is 12.8. The maximum absolute atomic E-state index is 12.8. The summed E-state index contributed by atoms with van der Waals surface area (Å²) in [5.74, 6) is 0.434. The number of aromatic nitrogens is 1. The van der Waals surface area contributed by atoms with Crippen LogP contribution in [0.4, 0.5) is 0 Å². The average Bonchev–Trinajstić information content (AvgIpc) is 3.30. The number of aryl methyl sites for hydroxylation is 1. The van der Waals surface area contributed by atoms with Gasteiger partial charge in [-0.2, -0.15) is 5.10 Å². The van der Waals surface area contributed by atoms with Crippen LogP contribution in [0.25, 0.3) is 10.9 Å². The first kappa shape index (κ1) is 17.7. The van der Waals surface area contributed by atoms with Crippen molar-refractivity contribution < 1.29 is 9.21 Å². The van der Waals surface area contributed by atoms with Crippen molar-refractivity contribution in [3.63, 3.8) is 0 Å².